The molecule has 4 heteroatoms. The summed E-state index contributed by atoms with van der Waals surface area (Å²) in [6.07, 6.45) is 2.38. The van der Waals surface area contributed by atoms with Gasteiger partial charge in [-0.2, -0.15) is 0 Å². The van der Waals surface area contributed by atoms with Gasteiger partial charge in [0, 0.05) is 30.8 Å². The van der Waals surface area contributed by atoms with Crippen LogP contribution in [0, 0.1) is 10.1 Å². The number of hydrogen-bond acceptors (Lipinski definition) is 3. The smallest absolute Gasteiger partial charge is 0.273 e. The van der Waals surface area contributed by atoms with Crippen molar-refractivity contribution >= 4 is 5.69 Å². The third-order valence-electron chi connectivity index (χ3n) is 3.85. The molecule has 0 aromatic heterocycles. The van der Waals surface area contributed by atoms with E-state index in [4.69, 9.17) is 0 Å². The highest BCUT2D eigenvalue weighted by Gasteiger charge is 2.30. The third kappa shape index (κ3) is 3.47. The van der Waals surface area contributed by atoms with E-state index >= 15 is 0 Å². The molecule has 0 N–H and O–H groups in total. The molecule has 21 heavy (non-hydrogen) atoms. The largest absolute Gasteiger partial charge is 0.292 e. The van der Waals surface area contributed by atoms with Gasteiger partial charge in [-0.25, -0.2) is 0 Å². The Morgan fingerprint density at radius 3 is 2.33 bits per heavy atom. The van der Waals surface area contributed by atoms with Crippen LogP contribution < -0.4 is 0 Å². The van der Waals surface area contributed by atoms with Gasteiger partial charge in [0.25, 0.3) is 5.69 Å². The van der Waals surface area contributed by atoms with Crippen molar-refractivity contribution in [2.45, 2.75) is 32.0 Å². The summed E-state index contributed by atoms with van der Waals surface area (Å²) in [6.45, 7) is 1.48. The summed E-state index contributed by atoms with van der Waals surface area (Å²) in [6, 6.07) is 17.9. The lowest BCUT2D eigenvalue weighted by atomic mass is 10.1. The molecule has 0 spiro atoms. The van der Waals surface area contributed by atoms with Gasteiger partial charge in [0.05, 0.1) is 4.92 Å². The minimum Gasteiger partial charge on any atom is -0.292 e. The Morgan fingerprint density at radius 1 is 1.00 bits per heavy atom. The second-order valence-corrected chi connectivity index (χ2v) is 5.51. The quantitative estimate of drug-likeness (QED) is 0.598. The van der Waals surface area contributed by atoms with Crippen molar-refractivity contribution < 1.29 is 4.92 Å². The van der Waals surface area contributed by atoms with E-state index in [-0.39, 0.29) is 10.6 Å². The summed E-state index contributed by atoms with van der Waals surface area (Å²) >= 11 is 0. The van der Waals surface area contributed by atoms with Gasteiger partial charge in [0.1, 0.15) is 0 Å². The highest BCUT2D eigenvalue weighted by atomic mass is 16.6. The first-order valence-corrected chi connectivity index (χ1v) is 7.24. The van der Waals surface area contributed by atoms with Gasteiger partial charge in [-0.1, -0.05) is 48.5 Å². The maximum atomic E-state index is 11.1. The van der Waals surface area contributed by atoms with Gasteiger partial charge >= 0.3 is 0 Å². The number of hydrogen-bond donors (Lipinski definition) is 0. The molecule has 108 valence electrons. The van der Waals surface area contributed by atoms with Gasteiger partial charge < -0.3 is 0 Å². The van der Waals surface area contributed by atoms with Crippen LogP contribution in [0.3, 0.4) is 0 Å². The molecule has 4 nitrogen and oxygen atoms in total. The van der Waals surface area contributed by atoms with E-state index < -0.39 is 0 Å². The van der Waals surface area contributed by atoms with Gasteiger partial charge in [0.15, 0.2) is 0 Å². The van der Waals surface area contributed by atoms with Crippen molar-refractivity contribution in [3.63, 3.8) is 0 Å². The van der Waals surface area contributed by atoms with Crippen molar-refractivity contribution in [1.29, 1.82) is 0 Å². The van der Waals surface area contributed by atoms with Crippen molar-refractivity contribution in [2.24, 2.45) is 0 Å². The number of rotatable bonds is 6. The van der Waals surface area contributed by atoms with E-state index in [9.17, 15) is 10.1 Å². The van der Waals surface area contributed by atoms with Crippen LogP contribution in [0.4, 0.5) is 5.69 Å². The molecular formula is C17H18N2O2. The Labute approximate surface area is 124 Å². The fourth-order valence-electron chi connectivity index (χ4n) is 2.61. The molecule has 1 aliphatic rings. The fourth-order valence-corrected chi connectivity index (χ4v) is 2.61. The summed E-state index contributed by atoms with van der Waals surface area (Å²) in [4.78, 5) is 13.2. The lowest BCUT2D eigenvalue weighted by Crippen LogP contribution is -2.25. The van der Waals surface area contributed by atoms with Crippen LogP contribution in [0.2, 0.25) is 0 Å². The molecule has 0 amide bonds. The Kier molecular flexibility index (Phi) is 3.97. The maximum absolute atomic E-state index is 11.1. The lowest BCUT2D eigenvalue weighted by molar-refractivity contribution is -0.385. The molecule has 3 rings (SSSR count). The first kappa shape index (κ1) is 13.8. The SMILES string of the molecule is O=[N+]([O-])c1ccccc1CN(Cc1ccccc1)C1CC1. The second kappa shape index (κ2) is 6.06. The van der Waals surface area contributed by atoms with Crippen molar-refractivity contribution in [1.82, 2.24) is 4.90 Å². The van der Waals surface area contributed by atoms with Gasteiger partial charge in [-0.3, -0.25) is 15.0 Å². The van der Waals surface area contributed by atoms with Gasteiger partial charge in [-0.15, -0.1) is 0 Å². The van der Waals surface area contributed by atoms with Crippen LogP contribution in [0.1, 0.15) is 24.0 Å². The molecule has 1 aliphatic carbocycles. The summed E-state index contributed by atoms with van der Waals surface area (Å²) in [5, 5.41) is 11.1. The van der Waals surface area contributed by atoms with E-state index in [0.717, 1.165) is 12.1 Å². The third-order valence-corrected chi connectivity index (χ3v) is 3.85. The molecule has 0 aliphatic heterocycles. The number of para-hydroxylation sites is 1. The Bertz CT molecular complexity index is 624. The molecule has 0 heterocycles. The maximum Gasteiger partial charge on any atom is 0.273 e. The van der Waals surface area contributed by atoms with Crippen molar-refractivity contribution in [3.05, 3.63) is 75.8 Å². The normalized spacial score (nSPS) is 14.3. The van der Waals surface area contributed by atoms with Crippen molar-refractivity contribution in [3.8, 4) is 0 Å². The van der Waals surface area contributed by atoms with Gasteiger partial charge in [-0.05, 0) is 18.4 Å². The summed E-state index contributed by atoms with van der Waals surface area (Å²) in [5.41, 5.74) is 2.27. The number of benzene rings is 2. The number of nitrogens with zero attached hydrogens (tertiary/aromatic N) is 2. The van der Waals surface area contributed by atoms with Crippen molar-refractivity contribution in [2.75, 3.05) is 0 Å². The molecule has 0 atom stereocenters. The number of nitro groups is 1. The van der Waals surface area contributed by atoms with E-state index in [1.54, 1.807) is 12.1 Å². The first-order valence-electron chi connectivity index (χ1n) is 7.24. The Hall–Kier alpha value is -2.20. The predicted octanol–water partition coefficient (Wildman–Crippen LogP) is 3.76. The predicted molar refractivity (Wildman–Crippen MR) is 81.8 cm³/mol. The number of nitro benzene ring substituents is 1. The van der Waals surface area contributed by atoms with E-state index in [2.05, 4.69) is 17.0 Å². The lowest BCUT2D eigenvalue weighted by Gasteiger charge is -2.22. The monoisotopic (exact) mass is 282 g/mol. The fraction of sp³-hybridized carbons (Fsp3) is 0.294. The molecule has 2 aromatic carbocycles. The molecule has 1 fully saturated rings. The molecule has 0 bridgehead atoms. The minimum atomic E-state index is -0.289. The van der Waals surface area contributed by atoms with Crippen LogP contribution in [-0.4, -0.2) is 15.9 Å². The average molecular weight is 282 g/mol. The molecule has 0 radical (unpaired) electrons. The highest BCUT2D eigenvalue weighted by Crippen LogP contribution is 2.31. The highest BCUT2D eigenvalue weighted by molar-refractivity contribution is 5.39. The summed E-state index contributed by atoms with van der Waals surface area (Å²) < 4.78 is 0. The molecule has 2 aromatic rings. The van der Waals surface area contributed by atoms with Gasteiger partial charge in [0.2, 0.25) is 0 Å². The zero-order chi connectivity index (χ0) is 14.7. The zero-order valence-electron chi connectivity index (χ0n) is 11.8. The average Bonchev–Trinajstić information content (AvgIpc) is 3.33. The summed E-state index contributed by atoms with van der Waals surface area (Å²) in [5.74, 6) is 0. The minimum absolute atomic E-state index is 0.219. The van der Waals surface area contributed by atoms with Crippen LogP contribution in [0.5, 0.6) is 0 Å². The Morgan fingerprint density at radius 2 is 1.67 bits per heavy atom. The van der Waals surface area contributed by atoms with Crippen LogP contribution in [0.25, 0.3) is 0 Å². The van der Waals surface area contributed by atoms with Crippen LogP contribution >= 0.6 is 0 Å². The topological polar surface area (TPSA) is 46.4 Å². The molecule has 0 unspecified atom stereocenters. The van der Waals surface area contributed by atoms with E-state index in [1.807, 2.05) is 30.3 Å². The van der Waals surface area contributed by atoms with E-state index in [0.29, 0.717) is 12.6 Å². The second-order valence-electron chi connectivity index (χ2n) is 5.51. The first-order chi connectivity index (χ1) is 10.2. The summed E-state index contributed by atoms with van der Waals surface area (Å²) in [7, 11) is 0. The molecule has 0 saturated heterocycles. The van der Waals surface area contributed by atoms with Crippen LogP contribution in [-0.2, 0) is 13.1 Å². The van der Waals surface area contributed by atoms with E-state index in [1.165, 1.54) is 18.4 Å². The van der Waals surface area contributed by atoms with Crippen LogP contribution in [0.15, 0.2) is 54.6 Å². The molecule has 1 saturated carbocycles. The Balaban J connectivity index is 1.78. The molecular weight excluding hydrogens is 264 g/mol. The standard InChI is InChI=1S/C17H18N2O2/c20-19(21)17-9-5-4-8-15(17)13-18(16-10-11-16)12-14-6-2-1-3-7-14/h1-9,16H,10-13H2. The zero-order valence-corrected chi connectivity index (χ0v) is 11.8.